The molecule has 0 amide bonds. The molecule has 0 bridgehead atoms. The second-order valence-corrected chi connectivity index (χ2v) is 5.14. The van der Waals surface area contributed by atoms with Gasteiger partial charge in [0.1, 0.15) is 0 Å². The first kappa shape index (κ1) is 14.3. The van der Waals surface area contributed by atoms with Gasteiger partial charge in [0.05, 0.1) is 0 Å². The Morgan fingerprint density at radius 1 is 1.56 bits per heavy atom. The molecule has 1 heterocycles. The van der Waals surface area contributed by atoms with Crippen molar-refractivity contribution in [1.82, 2.24) is 10.2 Å². The molecule has 1 atom stereocenters. The lowest BCUT2D eigenvalue weighted by Gasteiger charge is -2.25. The summed E-state index contributed by atoms with van der Waals surface area (Å²) < 4.78 is 0. The van der Waals surface area contributed by atoms with Crippen LogP contribution in [0.3, 0.4) is 0 Å². The highest BCUT2D eigenvalue weighted by Gasteiger charge is 2.17. The highest BCUT2D eigenvalue weighted by Crippen LogP contribution is 2.11. The van der Waals surface area contributed by atoms with E-state index in [1.54, 1.807) is 0 Å². The number of hydrogen-bond acceptors (Lipinski definition) is 2. The Hall–Kier alpha value is 0.240. The van der Waals surface area contributed by atoms with Gasteiger partial charge in [0.15, 0.2) is 0 Å². The summed E-state index contributed by atoms with van der Waals surface area (Å²) >= 11 is 11.6. The van der Waals surface area contributed by atoms with Crippen molar-refractivity contribution in [2.45, 2.75) is 38.6 Å². The Morgan fingerprint density at radius 3 is 2.94 bits per heavy atom. The molecule has 1 N–H and O–H groups in total. The van der Waals surface area contributed by atoms with Crippen molar-refractivity contribution < 1.29 is 0 Å². The Bertz CT molecular complexity index is 213. The first-order chi connectivity index (χ1) is 7.76. The minimum atomic E-state index is 0.636. The molecular formula is C12H22Cl2N2. The lowest BCUT2D eigenvalue weighted by Crippen LogP contribution is -2.38. The number of hydrogen-bond donors (Lipinski definition) is 1. The molecule has 1 aliphatic rings. The zero-order valence-electron chi connectivity index (χ0n) is 10.0. The van der Waals surface area contributed by atoms with Crippen molar-refractivity contribution in [2.75, 3.05) is 26.2 Å². The number of rotatable bonds is 7. The second kappa shape index (κ2) is 8.35. The summed E-state index contributed by atoms with van der Waals surface area (Å²) in [6, 6.07) is 0.636. The van der Waals surface area contributed by atoms with E-state index in [2.05, 4.69) is 17.1 Å². The number of unbranched alkanes of at least 4 members (excludes halogenated alkanes) is 1. The molecule has 0 radical (unpaired) electrons. The lowest BCUT2D eigenvalue weighted by atomic mass is 10.2. The van der Waals surface area contributed by atoms with E-state index < -0.39 is 0 Å². The maximum Gasteiger partial charge on any atom is 0.0434 e. The summed E-state index contributed by atoms with van der Waals surface area (Å²) in [4.78, 5) is 2.40. The SMILES string of the molecule is CCCCN(CC(Cl)=CCl)CC1CCCN1. The summed E-state index contributed by atoms with van der Waals surface area (Å²) in [7, 11) is 0. The normalized spacial score (nSPS) is 22.0. The van der Waals surface area contributed by atoms with Gasteiger partial charge in [-0.25, -0.2) is 0 Å². The molecule has 4 heteroatoms. The van der Waals surface area contributed by atoms with Crippen molar-refractivity contribution >= 4 is 23.2 Å². The topological polar surface area (TPSA) is 15.3 Å². The Balaban J connectivity index is 2.35. The van der Waals surface area contributed by atoms with Gasteiger partial charge in [-0.05, 0) is 32.4 Å². The molecule has 0 spiro atoms. The van der Waals surface area contributed by atoms with Crippen LogP contribution >= 0.6 is 23.2 Å². The van der Waals surface area contributed by atoms with Gasteiger partial charge in [-0.2, -0.15) is 0 Å². The van der Waals surface area contributed by atoms with Gasteiger partial charge in [0, 0.05) is 29.7 Å². The van der Waals surface area contributed by atoms with E-state index in [4.69, 9.17) is 23.2 Å². The third-order valence-electron chi connectivity index (χ3n) is 2.96. The van der Waals surface area contributed by atoms with Crippen molar-refractivity contribution in [3.05, 3.63) is 10.6 Å². The Morgan fingerprint density at radius 2 is 2.38 bits per heavy atom. The van der Waals surface area contributed by atoms with Crippen molar-refractivity contribution in [1.29, 1.82) is 0 Å². The molecule has 1 saturated heterocycles. The quantitative estimate of drug-likeness (QED) is 0.760. The second-order valence-electron chi connectivity index (χ2n) is 4.44. The molecule has 16 heavy (non-hydrogen) atoms. The predicted molar refractivity (Wildman–Crippen MR) is 72.2 cm³/mol. The standard InChI is InChI=1S/C12H22Cl2N2/c1-2-3-7-16(9-11(14)8-13)10-12-5-4-6-15-12/h8,12,15H,2-7,9-10H2,1H3. The van der Waals surface area contributed by atoms with Crippen LogP contribution in [0.25, 0.3) is 0 Å². The minimum absolute atomic E-state index is 0.636. The van der Waals surface area contributed by atoms with E-state index in [9.17, 15) is 0 Å². The monoisotopic (exact) mass is 264 g/mol. The van der Waals surface area contributed by atoms with Gasteiger partial charge in [0.2, 0.25) is 0 Å². The van der Waals surface area contributed by atoms with Crippen molar-refractivity contribution in [2.24, 2.45) is 0 Å². The molecule has 1 rings (SSSR count). The van der Waals surface area contributed by atoms with Crippen molar-refractivity contribution in [3.63, 3.8) is 0 Å². The van der Waals surface area contributed by atoms with Crippen LogP contribution in [0.5, 0.6) is 0 Å². The number of nitrogens with zero attached hydrogens (tertiary/aromatic N) is 1. The van der Waals surface area contributed by atoms with Gasteiger partial charge < -0.3 is 5.32 Å². The third-order valence-corrected chi connectivity index (χ3v) is 3.57. The van der Waals surface area contributed by atoms with E-state index in [1.807, 2.05) is 0 Å². The van der Waals surface area contributed by atoms with Crippen LogP contribution in [-0.4, -0.2) is 37.1 Å². The van der Waals surface area contributed by atoms with Gasteiger partial charge >= 0.3 is 0 Å². The van der Waals surface area contributed by atoms with Crippen LogP contribution < -0.4 is 5.32 Å². The lowest BCUT2D eigenvalue weighted by molar-refractivity contribution is 0.267. The van der Waals surface area contributed by atoms with Crippen molar-refractivity contribution in [3.8, 4) is 0 Å². The Kier molecular flexibility index (Phi) is 7.46. The zero-order chi connectivity index (χ0) is 11.8. The summed E-state index contributed by atoms with van der Waals surface area (Å²) in [5, 5.41) is 4.25. The van der Waals surface area contributed by atoms with E-state index in [0.29, 0.717) is 6.04 Å². The molecule has 0 aromatic heterocycles. The summed E-state index contributed by atoms with van der Waals surface area (Å²) in [5.41, 5.74) is 1.47. The molecule has 2 nitrogen and oxygen atoms in total. The van der Waals surface area contributed by atoms with Crippen LogP contribution in [0.15, 0.2) is 10.6 Å². The average molecular weight is 265 g/mol. The van der Waals surface area contributed by atoms with E-state index in [-0.39, 0.29) is 0 Å². The number of nitrogens with one attached hydrogen (secondary N) is 1. The van der Waals surface area contributed by atoms with Crippen LogP contribution in [0.4, 0.5) is 0 Å². The summed E-state index contributed by atoms with van der Waals surface area (Å²) in [6.07, 6.45) is 5.02. The summed E-state index contributed by atoms with van der Waals surface area (Å²) in [6.45, 7) is 6.34. The highest BCUT2D eigenvalue weighted by molar-refractivity contribution is 6.36. The van der Waals surface area contributed by atoms with Crippen LogP contribution in [0.2, 0.25) is 0 Å². The summed E-state index contributed by atoms with van der Waals surface area (Å²) in [5.74, 6) is 0. The van der Waals surface area contributed by atoms with Gasteiger partial charge in [-0.15, -0.1) is 0 Å². The fourth-order valence-electron chi connectivity index (χ4n) is 2.09. The van der Waals surface area contributed by atoms with Crippen LogP contribution in [0.1, 0.15) is 32.6 Å². The fourth-order valence-corrected chi connectivity index (χ4v) is 2.33. The first-order valence-corrected chi connectivity index (χ1v) is 6.98. The van der Waals surface area contributed by atoms with E-state index >= 15 is 0 Å². The molecule has 0 aliphatic carbocycles. The first-order valence-electron chi connectivity index (χ1n) is 6.16. The molecule has 94 valence electrons. The van der Waals surface area contributed by atoms with Gasteiger partial charge in [-0.3, -0.25) is 4.90 Å². The number of halogens is 2. The molecular weight excluding hydrogens is 243 g/mol. The molecule has 1 fully saturated rings. The largest absolute Gasteiger partial charge is 0.313 e. The van der Waals surface area contributed by atoms with Gasteiger partial charge in [-0.1, -0.05) is 36.5 Å². The smallest absolute Gasteiger partial charge is 0.0434 e. The molecule has 0 aromatic rings. The Labute approximate surface area is 109 Å². The van der Waals surface area contributed by atoms with Crippen LogP contribution in [0, 0.1) is 0 Å². The fraction of sp³-hybridized carbons (Fsp3) is 0.833. The third kappa shape index (κ3) is 5.53. The predicted octanol–water partition coefficient (Wildman–Crippen LogP) is 3.16. The average Bonchev–Trinajstić information content (AvgIpc) is 2.78. The molecule has 0 saturated carbocycles. The van der Waals surface area contributed by atoms with E-state index in [0.717, 1.165) is 31.2 Å². The molecule has 1 aliphatic heterocycles. The maximum absolute atomic E-state index is 5.99. The van der Waals surface area contributed by atoms with Crippen LogP contribution in [-0.2, 0) is 0 Å². The van der Waals surface area contributed by atoms with E-state index in [1.165, 1.54) is 31.2 Å². The zero-order valence-corrected chi connectivity index (χ0v) is 11.5. The molecule has 0 aromatic carbocycles. The van der Waals surface area contributed by atoms with Gasteiger partial charge in [0.25, 0.3) is 0 Å². The minimum Gasteiger partial charge on any atom is -0.313 e. The molecule has 1 unspecified atom stereocenters. The maximum atomic E-state index is 5.99. The highest BCUT2D eigenvalue weighted by atomic mass is 35.5.